The summed E-state index contributed by atoms with van der Waals surface area (Å²) in [7, 11) is 4.04. The van der Waals surface area contributed by atoms with Crippen molar-refractivity contribution in [3.8, 4) is 17.2 Å². The van der Waals surface area contributed by atoms with Crippen molar-refractivity contribution in [3.63, 3.8) is 0 Å². The molecule has 0 aromatic heterocycles. The highest BCUT2D eigenvalue weighted by atomic mass is 16.6. The van der Waals surface area contributed by atoms with Crippen LogP contribution in [-0.4, -0.2) is 31.2 Å². The summed E-state index contributed by atoms with van der Waals surface area (Å²) in [5.74, 6) is 0.380. The van der Waals surface area contributed by atoms with Crippen LogP contribution in [0.25, 0.3) is 12.2 Å². The van der Waals surface area contributed by atoms with Gasteiger partial charge in [-0.05, 0) is 23.3 Å². The van der Waals surface area contributed by atoms with E-state index in [1.807, 2.05) is 0 Å². The number of methoxy groups -OCH3 is 3. The zero-order valence-electron chi connectivity index (χ0n) is 14.3. The van der Waals surface area contributed by atoms with Crippen LogP contribution in [0.2, 0.25) is 0 Å². The van der Waals surface area contributed by atoms with Gasteiger partial charge < -0.3 is 14.2 Å². The number of nitro groups is 2. The van der Waals surface area contributed by atoms with E-state index in [1.54, 1.807) is 24.3 Å². The highest BCUT2D eigenvalue weighted by molar-refractivity contribution is 5.75. The first-order valence-corrected chi connectivity index (χ1v) is 7.32. The Bertz CT molecular complexity index is 878. The molecule has 0 radical (unpaired) electrons. The average Bonchev–Trinajstić information content (AvgIpc) is 2.64. The lowest BCUT2D eigenvalue weighted by molar-refractivity contribution is -0.386. The molecule has 2 aromatic rings. The first-order chi connectivity index (χ1) is 12.4. The Hall–Kier alpha value is -3.62. The Labute approximate surface area is 148 Å². The highest BCUT2D eigenvalue weighted by Crippen LogP contribution is 2.38. The van der Waals surface area contributed by atoms with Crippen LogP contribution in [0.4, 0.5) is 11.4 Å². The van der Waals surface area contributed by atoms with Crippen LogP contribution in [0.15, 0.2) is 30.3 Å². The summed E-state index contributed by atoms with van der Waals surface area (Å²) in [4.78, 5) is 21.2. The number of benzene rings is 2. The van der Waals surface area contributed by atoms with Crippen molar-refractivity contribution in [1.29, 1.82) is 0 Å². The normalized spacial score (nSPS) is 10.6. The molecule has 9 heteroatoms. The molecule has 0 unspecified atom stereocenters. The molecule has 0 N–H and O–H groups in total. The Morgan fingerprint density at radius 1 is 0.769 bits per heavy atom. The molecule has 0 bridgehead atoms. The quantitative estimate of drug-likeness (QED) is 0.420. The Balaban J connectivity index is 2.45. The Morgan fingerprint density at radius 3 is 1.88 bits per heavy atom. The predicted molar refractivity (Wildman–Crippen MR) is 94.8 cm³/mol. The maximum absolute atomic E-state index is 11.2. The summed E-state index contributed by atoms with van der Waals surface area (Å²) < 4.78 is 15.1. The lowest BCUT2D eigenvalue weighted by atomic mass is 10.1. The Kier molecular flexibility index (Phi) is 5.74. The van der Waals surface area contributed by atoms with Crippen LogP contribution < -0.4 is 14.2 Å². The first kappa shape index (κ1) is 18.7. The third-order valence-corrected chi connectivity index (χ3v) is 3.55. The van der Waals surface area contributed by atoms with Gasteiger partial charge >= 0.3 is 11.4 Å². The van der Waals surface area contributed by atoms with E-state index >= 15 is 0 Å². The zero-order valence-corrected chi connectivity index (χ0v) is 14.3. The third kappa shape index (κ3) is 3.89. The van der Waals surface area contributed by atoms with E-state index in [9.17, 15) is 20.2 Å². The SMILES string of the molecule is COc1ccc(/C=C\c2cc(OC)c(OC)c([N+](=O)[O-])c2)cc1[N+](=O)[O-]. The van der Waals surface area contributed by atoms with Crippen LogP contribution in [0, 0.1) is 20.2 Å². The van der Waals surface area contributed by atoms with Gasteiger partial charge in [0.15, 0.2) is 11.5 Å². The number of hydrogen-bond acceptors (Lipinski definition) is 7. The smallest absolute Gasteiger partial charge is 0.315 e. The van der Waals surface area contributed by atoms with Gasteiger partial charge in [-0.15, -0.1) is 0 Å². The predicted octanol–water partition coefficient (Wildman–Crippen LogP) is 3.70. The molecule has 0 aliphatic carbocycles. The standard InChI is InChI=1S/C17H16N2O7/c1-24-15-7-6-11(8-13(15)18(20)21)4-5-12-9-14(19(22)23)17(26-3)16(10-12)25-2/h4-10H,1-3H3/b5-4-. The fourth-order valence-electron chi connectivity index (χ4n) is 2.34. The van der Waals surface area contributed by atoms with Crippen LogP contribution in [0.1, 0.15) is 11.1 Å². The molecule has 0 atom stereocenters. The lowest BCUT2D eigenvalue weighted by Crippen LogP contribution is -1.97. The third-order valence-electron chi connectivity index (χ3n) is 3.55. The molecule has 0 amide bonds. The Morgan fingerprint density at radius 2 is 1.35 bits per heavy atom. The summed E-state index contributed by atoms with van der Waals surface area (Å²) in [6, 6.07) is 7.37. The monoisotopic (exact) mass is 360 g/mol. The van der Waals surface area contributed by atoms with Crippen molar-refractivity contribution in [2.45, 2.75) is 0 Å². The maximum Gasteiger partial charge on any atom is 0.315 e. The van der Waals surface area contributed by atoms with Gasteiger partial charge in [0.2, 0.25) is 5.75 Å². The molecule has 9 nitrogen and oxygen atoms in total. The first-order valence-electron chi connectivity index (χ1n) is 7.32. The minimum atomic E-state index is -0.573. The van der Waals surface area contributed by atoms with Gasteiger partial charge in [-0.1, -0.05) is 18.2 Å². The van der Waals surface area contributed by atoms with E-state index < -0.39 is 9.85 Å². The lowest BCUT2D eigenvalue weighted by Gasteiger charge is -2.09. The fourth-order valence-corrected chi connectivity index (χ4v) is 2.34. The van der Waals surface area contributed by atoms with Gasteiger partial charge in [0.1, 0.15) is 0 Å². The van der Waals surface area contributed by atoms with Crippen LogP contribution in [0.3, 0.4) is 0 Å². The molecule has 0 saturated heterocycles. The molecule has 0 spiro atoms. The molecule has 136 valence electrons. The summed E-state index contributed by atoms with van der Waals surface area (Å²) in [5, 5.41) is 22.3. The van der Waals surface area contributed by atoms with Gasteiger partial charge in [0.05, 0.1) is 31.2 Å². The number of rotatable bonds is 7. The molecule has 0 aliphatic heterocycles. The van der Waals surface area contributed by atoms with Gasteiger partial charge in [0.25, 0.3) is 0 Å². The molecule has 26 heavy (non-hydrogen) atoms. The van der Waals surface area contributed by atoms with Gasteiger partial charge in [0, 0.05) is 12.1 Å². The highest BCUT2D eigenvalue weighted by Gasteiger charge is 2.21. The molecule has 0 fully saturated rings. The molecule has 2 aromatic carbocycles. The number of nitrogens with zero attached hydrogens (tertiary/aromatic N) is 2. The molecule has 0 heterocycles. The second-order valence-electron chi connectivity index (χ2n) is 5.05. The van der Waals surface area contributed by atoms with E-state index in [1.165, 1.54) is 39.5 Å². The van der Waals surface area contributed by atoms with Crippen molar-refractivity contribution < 1.29 is 24.1 Å². The van der Waals surface area contributed by atoms with Crippen LogP contribution >= 0.6 is 0 Å². The molecular formula is C17H16N2O7. The van der Waals surface area contributed by atoms with E-state index in [2.05, 4.69) is 0 Å². The second-order valence-corrected chi connectivity index (χ2v) is 5.05. The van der Waals surface area contributed by atoms with E-state index in [-0.39, 0.29) is 28.6 Å². The van der Waals surface area contributed by atoms with Crippen LogP contribution in [-0.2, 0) is 0 Å². The van der Waals surface area contributed by atoms with Gasteiger partial charge in [-0.2, -0.15) is 0 Å². The average molecular weight is 360 g/mol. The van der Waals surface area contributed by atoms with Crippen molar-refractivity contribution in [2.75, 3.05) is 21.3 Å². The minimum absolute atomic E-state index is 0.0229. The van der Waals surface area contributed by atoms with Gasteiger partial charge in [-0.25, -0.2) is 0 Å². The zero-order chi connectivity index (χ0) is 19.3. The number of nitro benzene ring substituents is 2. The summed E-state index contributed by atoms with van der Waals surface area (Å²) in [6.07, 6.45) is 3.18. The topological polar surface area (TPSA) is 114 Å². The fraction of sp³-hybridized carbons (Fsp3) is 0.176. The van der Waals surface area contributed by atoms with E-state index in [4.69, 9.17) is 14.2 Å². The molecular weight excluding hydrogens is 344 g/mol. The van der Waals surface area contributed by atoms with Crippen molar-refractivity contribution in [2.24, 2.45) is 0 Å². The minimum Gasteiger partial charge on any atom is -0.493 e. The molecule has 0 aliphatic rings. The molecule has 2 rings (SSSR count). The van der Waals surface area contributed by atoms with Crippen LogP contribution in [0.5, 0.6) is 17.2 Å². The van der Waals surface area contributed by atoms with E-state index in [0.717, 1.165) is 0 Å². The van der Waals surface area contributed by atoms with Crippen molar-refractivity contribution in [3.05, 3.63) is 61.7 Å². The number of ether oxygens (including phenoxy) is 3. The van der Waals surface area contributed by atoms with E-state index in [0.29, 0.717) is 11.1 Å². The summed E-state index contributed by atoms with van der Waals surface area (Å²) >= 11 is 0. The van der Waals surface area contributed by atoms with Crippen molar-refractivity contribution in [1.82, 2.24) is 0 Å². The van der Waals surface area contributed by atoms with Crippen molar-refractivity contribution >= 4 is 23.5 Å². The maximum atomic E-state index is 11.2. The number of hydrogen-bond donors (Lipinski definition) is 0. The van der Waals surface area contributed by atoms with Gasteiger partial charge in [-0.3, -0.25) is 20.2 Å². The second kappa shape index (κ2) is 7.97. The summed E-state index contributed by atoms with van der Waals surface area (Å²) in [6.45, 7) is 0. The largest absolute Gasteiger partial charge is 0.493 e. The summed E-state index contributed by atoms with van der Waals surface area (Å²) in [5.41, 5.74) is 0.600. The molecule has 0 saturated carbocycles.